The lowest BCUT2D eigenvalue weighted by Gasteiger charge is -2.08. The summed E-state index contributed by atoms with van der Waals surface area (Å²) < 4.78 is 32.0. The van der Waals surface area contributed by atoms with Crippen molar-refractivity contribution in [2.45, 2.75) is 6.61 Å². The summed E-state index contributed by atoms with van der Waals surface area (Å²) >= 11 is 0. The number of ether oxygens (including phenoxy) is 1. The second-order valence-electron chi connectivity index (χ2n) is 4.11. The summed E-state index contributed by atoms with van der Waals surface area (Å²) in [6.45, 7) is -0.639. The van der Waals surface area contributed by atoms with Crippen molar-refractivity contribution in [2.24, 2.45) is 0 Å². The molecule has 1 N–H and O–H groups in total. The molecule has 5 heteroatoms. The second kappa shape index (κ2) is 6.25. The van der Waals surface area contributed by atoms with Gasteiger partial charge in [-0.3, -0.25) is 4.79 Å². The molecule has 0 atom stereocenters. The molecule has 0 aliphatic carbocycles. The van der Waals surface area contributed by atoms with Gasteiger partial charge in [0.25, 0.3) is 0 Å². The number of Topliss-reactive ketones (excluding diaryl/α,β-unsaturated/α-hetero) is 1. The maximum atomic E-state index is 13.4. The lowest BCUT2D eigenvalue weighted by molar-refractivity contribution is 0.0913. The highest BCUT2D eigenvalue weighted by Gasteiger charge is 2.17. The second-order valence-corrected chi connectivity index (χ2v) is 4.11. The molecular formula is C15H12F2O3. The molecule has 0 amide bonds. The minimum atomic E-state index is -0.914. The normalized spacial score (nSPS) is 10.3. The fourth-order valence-electron chi connectivity index (χ4n) is 1.72. The number of rotatable bonds is 5. The zero-order valence-electron chi connectivity index (χ0n) is 10.5. The van der Waals surface area contributed by atoms with E-state index in [9.17, 15) is 13.6 Å². The summed E-state index contributed by atoms with van der Waals surface area (Å²) in [7, 11) is 0. The van der Waals surface area contributed by atoms with E-state index in [1.165, 1.54) is 6.07 Å². The molecule has 2 aromatic rings. The van der Waals surface area contributed by atoms with Gasteiger partial charge in [-0.15, -0.1) is 0 Å². The van der Waals surface area contributed by atoms with Crippen LogP contribution in [0, 0.1) is 11.6 Å². The number of benzene rings is 2. The third kappa shape index (κ3) is 3.19. The van der Waals surface area contributed by atoms with Gasteiger partial charge in [0.05, 0.1) is 12.2 Å². The maximum absolute atomic E-state index is 13.4. The first-order valence-corrected chi connectivity index (χ1v) is 5.91. The molecule has 20 heavy (non-hydrogen) atoms. The van der Waals surface area contributed by atoms with Crippen molar-refractivity contribution in [1.82, 2.24) is 0 Å². The van der Waals surface area contributed by atoms with Crippen molar-refractivity contribution in [3.05, 3.63) is 65.2 Å². The molecule has 0 radical (unpaired) electrons. The summed E-state index contributed by atoms with van der Waals surface area (Å²) in [4.78, 5) is 11.8. The van der Waals surface area contributed by atoms with Gasteiger partial charge in [0.15, 0.2) is 6.61 Å². The van der Waals surface area contributed by atoms with E-state index >= 15 is 0 Å². The van der Waals surface area contributed by atoms with Crippen LogP contribution in [0.2, 0.25) is 0 Å². The lowest BCUT2D eigenvalue weighted by Crippen LogP contribution is -2.15. The van der Waals surface area contributed by atoms with Crippen molar-refractivity contribution in [3.63, 3.8) is 0 Å². The molecular weight excluding hydrogens is 266 g/mol. The van der Waals surface area contributed by atoms with Gasteiger partial charge >= 0.3 is 0 Å². The average Bonchev–Trinajstić information content (AvgIpc) is 2.45. The van der Waals surface area contributed by atoms with Crippen molar-refractivity contribution in [2.75, 3.05) is 6.61 Å². The quantitative estimate of drug-likeness (QED) is 0.855. The predicted molar refractivity (Wildman–Crippen MR) is 68.5 cm³/mol. The largest absolute Gasteiger partial charge is 0.485 e. The van der Waals surface area contributed by atoms with E-state index in [0.29, 0.717) is 11.3 Å². The smallest absolute Gasteiger partial charge is 0.206 e. The number of aliphatic hydroxyl groups is 1. The van der Waals surface area contributed by atoms with Crippen LogP contribution in [0.15, 0.2) is 42.5 Å². The molecule has 0 aliphatic heterocycles. The van der Waals surface area contributed by atoms with Gasteiger partial charge in [-0.25, -0.2) is 8.78 Å². The van der Waals surface area contributed by atoms with Gasteiger partial charge in [0.2, 0.25) is 5.78 Å². The van der Waals surface area contributed by atoms with E-state index in [1.54, 1.807) is 24.3 Å². The molecule has 0 aliphatic rings. The summed E-state index contributed by atoms with van der Waals surface area (Å²) in [5, 5.41) is 8.97. The van der Waals surface area contributed by atoms with Crippen molar-refractivity contribution >= 4 is 5.78 Å². The third-order valence-electron chi connectivity index (χ3n) is 2.69. The Kier molecular flexibility index (Phi) is 4.42. The Morgan fingerprint density at radius 1 is 1.10 bits per heavy atom. The van der Waals surface area contributed by atoms with E-state index in [2.05, 4.69) is 0 Å². The van der Waals surface area contributed by atoms with E-state index in [1.807, 2.05) is 0 Å². The van der Waals surface area contributed by atoms with Gasteiger partial charge in [0.1, 0.15) is 17.4 Å². The molecule has 0 saturated heterocycles. The molecule has 104 valence electrons. The summed E-state index contributed by atoms with van der Waals surface area (Å²) in [5.74, 6) is -2.26. The maximum Gasteiger partial charge on any atom is 0.206 e. The van der Waals surface area contributed by atoms with Crippen molar-refractivity contribution in [1.29, 1.82) is 0 Å². The first kappa shape index (κ1) is 14.1. The predicted octanol–water partition coefficient (Wildman–Crippen LogP) is 2.72. The Labute approximate surface area is 114 Å². The number of hydrogen-bond donors (Lipinski definition) is 1. The van der Waals surface area contributed by atoms with E-state index in [0.717, 1.165) is 12.1 Å². The molecule has 0 aromatic heterocycles. The molecule has 0 saturated carbocycles. The number of carbonyl (C=O) groups is 1. The number of hydrogen-bond acceptors (Lipinski definition) is 3. The van der Waals surface area contributed by atoms with E-state index in [-0.39, 0.29) is 6.61 Å². The molecule has 0 unspecified atom stereocenters. The van der Waals surface area contributed by atoms with Crippen LogP contribution in [-0.4, -0.2) is 17.5 Å². The summed E-state index contributed by atoms with van der Waals surface area (Å²) in [6, 6.07) is 9.69. The van der Waals surface area contributed by atoms with Gasteiger partial charge in [-0.05, 0) is 29.8 Å². The van der Waals surface area contributed by atoms with Crippen molar-refractivity contribution < 1.29 is 23.4 Å². The number of halogens is 2. The van der Waals surface area contributed by atoms with Crippen LogP contribution in [-0.2, 0) is 6.61 Å². The van der Waals surface area contributed by atoms with Gasteiger partial charge in [-0.1, -0.05) is 18.2 Å². The SMILES string of the molecule is O=C(COc1cccc(CO)c1)c1c(F)cccc1F. The summed E-state index contributed by atoms with van der Waals surface area (Å²) in [6.07, 6.45) is 0. The minimum absolute atomic E-state index is 0.160. The highest BCUT2D eigenvalue weighted by atomic mass is 19.1. The molecule has 2 aromatic carbocycles. The van der Waals surface area contributed by atoms with E-state index in [4.69, 9.17) is 9.84 Å². The molecule has 3 nitrogen and oxygen atoms in total. The van der Waals surface area contributed by atoms with Crippen LogP contribution in [0.25, 0.3) is 0 Å². The van der Waals surface area contributed by atoms with E-state index < -0.39 is 29.6 Å². The standard InChI is InChI=1S/C15H12F2O3/c16-12-5-2-6-13(17)15(12)14(19)9-20-11-4-1-3-10(7-11)8-18/h1-7,18H,8-9H2. The van der Waals surface area contributed by atoms with Crippen LogP contribution in [0.5, 0.6) is 5.75 Å². The Hall–Kier alpha value is -2.27. The Morgan fingerprint density at radius 3 is 2.40 bits per heavy atom. The van der Waals surface area contributed by atoms with Crippen LogP contribution < -0.4 is 4.74 Å². The monoisotopic (exact) mass is 278 g/mol. The highest BCUT2D eigenvalue weighted by molar-refractivity contribution is 5.97. The summed E-state index contributed by atoms with van der Waals surface area (Å²) in [5.41, 5.74) is 0.0119. The first-order valence-electron chi connectivity index (χ1n) is 5.91. The number of ketones is 1. The minimum Gasteiger partial charge on any atom is -0.485 e. The van der Waals surface area contributed by atoms with Gasteiger partial charge in [0, 0.05) is 0 Å². The number of carbonyl (C=O) groups excluding carboxylic acids is 1. The van der Waals surface area contributed by atoms with Crippen LogP contribution in [0.3, 0.4) is 0 Å². The molecule has 0 spiro atoms. The highest BCUT2D eigenvalue weighted by Crippen LogP contribution is 2.16. The van der Waals surface area contributed by atoms with Crippen molar-refractivity contribution in [3.8, 4) is 5.75 Å². The Balaban J connectivity index is 2.09. The van der Waals surface area contributed by atoms with Gasteiger partial charge in [-0.2, -0.15) is 0 Å². The molecule has 0 bridgehead atoms. The lowest BCUT2D eigenvalue weighted by atomic mass is 10.1. The van der Waals surface area contributed by atoms with Gasteiger partial charge < -0.3 is 9.84 Å². The topological polar surface area (TPSA) is 46.5 Å². The fourth-order valence-corrected chi connectivity index (χ4v) is 1.72. The zero-order valence-corrected chi connectivity index (χ0v) is 10.5. The molecule has 0 fully saturated rings. The van der Waals surface area contributed by atoms with Crippen LogP contribution in [0.4, 0.5) is 8.78 Å². The third-order valence-corrected chi connectivity index (χ3v) is 2.69. The zero-order chi connectivity index (χ0) is 14.5. The first-order chi connectivity index (χ1) is 9.61. The Morgan fingerprint density at radius 2 is 1.75 bits per heavy atom. The number of aliphatic hydroxyl groups excluding tert-OH is 1. The average molecular weight is 278 g/mol. The van der Waals surface area contributed by atoms with Crippen LogP contribution in [0.1, 0.15) is 15.9 Å². The van der Waals surface area contributed by atoms with Crippen LogP contribution >= 0.6 is 0 Å². The Bertz CT molecular complexity index is 606. The molecule has 0 heterocycles. The fraction of sp³-hybridized carbons (Fsp3) is 0.133. The molecule has 2 rings (SSSR count).